The third kappa shape index (κ3) is 4.63. The van der Waals surface area contributed by atoms with Crippen LogP contribution < -0.4 is 10.5 Å². The predicted octanol–water partition coefficient (Wildman–Crippen LogP) is 1.68. The van der Waals surface area contributed by atoms with Gasteiger partial charge in [0, 0.05) is 13.7 Å². The molecule has 2 N–H and O–H groups in total. The van der Waals surface area contributed by atoms with Crippen molar-refractivity contribution in [1.29, 1.82) is 0 Å². The molecule has 0 amide bonds. The largest absolute Gasteiger partial charge is 0.491 e. The minimum absolute atomic E-state index is 0.562. The monoisotopic (exact) mass is 207 g/mol. The maximum atomic E-state index is 5.43. The molecule has 0 heterocycles. The molecular weight excluding hydrogens is 190 g/mol. The maximum Gasteiger partial charge on any atom is 0.119 e. The average molecular weight is 207 g/mol. The van der Waals surface area contributed by atoms with Crippen LogP contribution in [0, 0.1) is 0 Å². The average Bonchev–Trinajstić information content (AvgIpc) is 2.28. The lowest BCUT2D eigenvalue weighted by Gasteiger charge is -2.05. The molecule has 1 aromatic rings. The van der Waals surface area contributed by atoms with Crippen LogP contribution in [-0.2, 0) is 4.74 Å². The van der Waals surface area contributed by atoms with Crippen molar-refractivity contribution in [3.63, 3.8) is 0 Å². The van der Waals surface area contributed by atoms with Crippen LogP contribution in [0.15, 0.2) is 30.3 Å². The minimum atomic E-state index is 0.562. The van der Waals surface area contributed by atoms with Crippen molar-refractivity contribution < 1.29 is 9.47 Å². The van der Waals surface area contributed by atoms with E-state index < -0.39 is 0 Å². The number of rotatable bonds is 6. The van der Waals surface area contributed by atoms with Gasteiger partial charge < -0.3 is 15.2 Å². The molecule has 0 fully saturated rings. The number of hydrogen-bond donors (Lipinski definition) is 1. The van der Waals surface area contributed by atoms with Gasteiger partial charge in [0.2, 0.25) is 0 Å². The van der Waals surface area contributed by atoms with Gasteiger partial charge in [-0.05, 0) is 17.7 Å². The lowest BCUT2D eigenvalue weighted by Crippen LogP contribution is -2.03. The van der Waals surface area contributed by atoms with Crippen molar-refractivity contribution >= 4 is 6.08 Å². The topological polar surface area (TPSA) is 44.5 Å². The molecule has 0 saturated heterocycles. The Morgan fingerprint density at radius 1 is 1.20 bits per heavy atom. The molecule has 0 aliphatic carbocycles. The summed E-state index contributed by atoms with van der Waals surface area (Å²) in [6.07, 6.45) is 3.90. The third-order valence-corrected chi connectivity index (χ3v) is 1.88. The van der Waals surface area contributed by atoms with Gasteiger partial charge in [0.1, 0.15) is 12.4 Å². The predicted molar refractivity (Wildman–Crippen MR) is 61.9 cm³/mol. The zero-order valence-electron chi connectivity index (χ0n) is 8.98. The van der Waals surface area contributed by atoms with Crippen LogP contribution >= 0.6 is 0 Å². The molecule has 0 radical (unpaired) electrons. The quantitative estimate of drug-likeness (QED) is 0.722. The van der Waals surface area contributed by atoms with Crippen molar-refractivity contribution in [3.8, 4) is 5.75 Å². The van der Waals surface area contributed by atoms with Gasteiger partial charge in [-0.1, -0.05) is 24.3 Å². The maximum absolute atomic E-state index is 5.43. The van der Waals surface area contributed by atoms with E-state index in [4.69, 9.17) is 15.2 Å². The number of ether oxygens (including phenoxy) is 2. The van der Waals surface area contributed by atoms with Crippen LogP contribution in [0.2, 0.25) is 0 Å². The van der Waals surface area contributed by atoms with Crippen LogP contribution in [-0.4, -0.2) is 26.9 Å². The molecule has 0 atom stereocenters. The molecule has 3 nitrogen and oxygen atoms in total. The van der Waals surface area contributed by atoms with Crippen molar-refractivity contribution in [3.05, 3.63) is 35.9 Å². The first-order valence-corrected chi connectivity index (χ1v) is 4.95. The van der Waals surface area contributed by atoms with Crippen LogP contribution in [0.25, 0.3) is 6.08 Å². The van der Waals surface area contributed by atoms with E-state index in [2.05, 4.69) is 0 Å². The normalized spacial score (nSPS) is 10.8. The second kappa shape index (κ2) is 7.04. The molecule has 0 saturated carbocycles. The van der Waals surface area contributed by atoms with Crippen molar-refractivity contribution in [2.24, 2.45) is 5.73 Å². The van der Waals surface area contributed by atoms with Crippen LogP contribution in [0.4, 0.5) is 0 Å². The molecule has 0 bridgehead atoms. The lowest BCUT2D eigenvalue weighted by molar-refractivity contribution is 0.146. The summed E-state index contributed by atoms with van der Waals surface area (Å²) in [6, 6.07) is 7.86. The van der Waals surface area contributed by atoms with E-state index in [9.17, 15) is 0 Å². The summed E-state index contributed by atoms with van der Waals surface area (Å²) < 4.78 is 10.3. The smallest absolute Gasteiger partial charge is 0.119 e. The van der Waals surface area contributed by atoms with E-state index in [-0.39, 0.29) is 0 Å². The summed E-state index contributed by atoms with van der Waals surface area (Å²) in [5.74, 6) is 0.858. The Balaban J connectivity index is 2.45. The molecular formula is C12H17NO2. The molecule has 0 aromatic heterocycles. The molecule has 1 aromatic carbocycles. The van der Waals surface area contributed by atoms with Gasteiger partial charge in [0.25, 0.3) is 0 Å². The molecule has 15 heavy (non-hydrogen) atoms. The summed E-state index contributed by atoms with van der Waals surface area (Å²) >= 11 is 0. The summed E-state index contributed by atoms with van der Waals surface area (Å²) in [5.41, 5.74) is 6.49. The third-order valence-electron chi connectivity index (χ3n) is 1.88. The number of benzene rings is 1. The molecule has 0 aliphatic rings. The second-order valence-corrected chi connectivity index (χ2v) is 3.05. The fourth-order valence-electron chi connectivity index (χ4n) is 1.12. The van der Waals surface area contributed by atoms with Crippen LogP contribution in [0.1, 0.15) is 5.56 Å². The van der Waals surface area contributed by atoms with Gasteiger partial charge in [-0.25, -0.2) is 0 Å². The van der Waals surface area contributed by atoms with Crippen LogP contribution in [0.5, 0.6) is 5.75 Å². The second-order valence-electron chi connectivity index (χ2n) is 3.05. The Morgan fingerprint density at radius 3 is 2.53 bits per heavy atom. The van der Waals surface area contributed by atoms with Gasteiger partial charge in [0.15, 0.2) is 0 Å². The SMILES string of the molecule is COCCOc1ccc(/C=C/CN)cc1. The molecule has 1 rings (SSSR count). The highest BCUT2D eigenvalue weighted by molar-refractivity contribution is 5.50. The van der Waals surface area contributed by atoms with E-state index >= 15 is 0 Å². The first-order chi connectivity index (χ1) is 7.36. The van der Waals surface area contributed by atoms with E-state index in [0.29, 0.717) is 19.8 Å². The zero-order chi connectivity index (χ0) is 10.9. The van der Waals surface area contributed by atoms with Crippen molar-refractivity contribution in [1.82, 2.24) is 0 Å². The fraction of sp³-hybridized carbons (Fsp3) is 0.333. The van der Waals surface area contributed by atoms with E-state index in [1.165, 1.54) is 0 Å². The molecule has 0 unspecified atom stereocenters. The minimum Gasteiger partial charge on any atom is -0.491 e. The van der Waals surface area contributed by atoms with Gasteiger partial charge in [-0.3, -0.25) is 0 Å². The number of nitrogens with two attached hydrogens (primary N) is 1. The standard InChI is InChI=1S/C12H17NO2/c1-14-9-10-15-12-6-4-11(5-7-12)3-2-8-13/h2-7H,8-10,13H2,1H3/b3-2+. The van der Waals surface area contributed by atoms with E-state index in [0.717, 1.165) is 11.3 Å². The van der Waals surface area contributed by atoms with E-state index in [1.807, 2.05) is 36.4 Å². The highest BCUT2D eigenvalue weighted by atomic mass is 16.5. The van der Waals surface area contributed by atoms with Gasteiger partial charge >= 0.3 is 0 Å². The van der Waals surface area contributed by atoms with Crippen LogP contribution in [0.3, 0.4) is 0 Å². The summed E-state index contributed by atoms with van der Waals surface area (Å²) in [6.45, 7) is 1.75. The number of hydrogen-bond acceptors (Lipinski definition) is 3. The summed E-state index contributed by atoms with van der Waals surface area (Å²) in [5, 5.41) is 0. The molecule has 3 heteroatoms. The Labute approximate surface area is 90.5 Å². The Morgan fingerprint density at radius 2 is 1.93 bits per heavy atom. The van der Waals surface area contributed by atoms with Crippen molar-refractivity contribution in [2.45, 2.75) is 0 Å². The van der Waals surface area contributed by atoms with Crippen molar-refractivity contribution in [2.75, 3.05) is 26.9 Å². The first kappa shape index (κ1) is 11.8. The molecule has 0 aliphatic heterocycles. The Kier molecular flexibility index (Phi) is 5.51. The highest BCUT2D eigenvalue weighted by Crippen LogP contribution is 2.12. The highest BCUT2D eigenvalue weighted by Gasteiger charge is 1.92. The number of methoxy groups -OCH3 is 1. The fourth-order valence-corrected chi connectivity index (χ4v) is 1.12. The van der Waals surface area contributed by atoms with E-state index in [1.54, 1.807) is 7.11 Å². The molecule has 0 spiro atoms. The van der Waals surface area contributed by atoms with Gasteiger partial charge in [-0.15, -0.1) is 0 Å². The zero-order valence-corrected chi connectivity index (χ0v) is 8.98. The summed E-state index contributed by atoms with van der Waals surface area (Å²) in [7, 11) is 1.66. The Hall–Kier alpha value is -1.32. The first-order valence-electron chi connectivity index (χ1n) is 4.95. The molecule has 82 valence electrons. The van der Waals surface area contributed by atoms with Gasteiger partial charge in [-0.2, -0.15) is 0 Å². The Bertz CT molecular complexity index is 293. The van der Waals surface area contributed by atoms with Gasteiger partial charge in [0.05, 0.1) is 6.61 Å². The summed E-state index contributed by atoms with van der Waals surface area (Å²) in [4.78, 5) is 0. The lowest BCUT2D eigenvalue weighted by atomic mass is 10.2.